The molecule has 0 aromatic heterocycles. The van der Waals surface area contributed by atoms with E-state index in [1.165, 1.54) is 0 Å². The lowest BCUT2D eigenvalue weighted by Gasteiger charge is -2.17. The first-order chi connectivity index (χ1) is 11.6. The number of para-hydroxylation sites is 1. The van der Waals surface area contributed by atoms with Gasteiger partial charge < -0.3 is 15.4 Å². The van der Waals surface area contributed by atoms with Crippen LogP contribution in [0.4, 0.5) is 11.4 Å². The molecule has 24 heavy (non-hydrogen) atoms. The van der Waals surface area contributed by atoms with Gasteiger partial charge in [0.05, 0.1) is 0 Å². The highest BCUT2D eigenvalue weighted by atomic mass is 16.5. The minimum absolute atomic E-state index is 0.0471. The van der Waals surface area contributed by atoms with Gasteiger partial charge in [-0.05, 0) is 42.8 Å². The number of nitrogens with one attached hydrogen (secondary N) is 2. The van der Waals surface area contributed by atoms with Gasteiger partial charge in [-0.15, -0.1) is 0 Å². The van der Waals surface area contributed by atoms with Crippen molar-refractivity contribution in [2.45, 2.75) is 32.8 Å². The highest BCUT2D eigenvalue weighted by molar-refractivity contribution is 5.95. The summed E-state index contributed by atoms with van der Waals surface area (Å²) in [7, 11) is 0. The molecule has 2 N–H and O–H groups in total. The smallest absolute Gasteiger partial charge is 0.265 e. The van der Waals surface area contributed by atoms with Gasteiger partial charge in [0.2, 0.25) is 5.91 Å². The van der Waals surface area contributed by atoms with E-state index in [0.717, 1.165) is 0 Å². The summed E-state index contributed by atoms with van der Waals surface area (Å²) in [4.78, 5) is 23.7. The van der Waals surface area contributed by atoms with Crippen LogP contribution in [0.15, 0.2) is 54.6 Å². The van der Waals surface area contributed by atoms with Crippen molar-refractivity contribution >= 4 is 23.2 Å². The van der Waals surface area contributed by atoms with Crippen molar-refractivity contribution in [1.82, 2.24) is 0 Å². The molecular weight excluding hydrogens is 304 g/mol. The van der Waals surface area contributed by atoms with Crippen LogP contribution in [0.2, 0.25) is 0 Å². The lowest BCUT2D eigenvalue weighted by Crippen LogP contribution is -2.32. The minimum atomic E-state index is -0.563. The number of hydrogen-bond donors (Lipinski definition) is 2. The molecule has 2 amide bonds. The quantitative estimate of drug-likeness (QED) is 0.812. The van der Waals surface area contributed by atoms with E-state index in [9.17, 15) is 9.59 Å². The number of anilines is 2. The molecule has 5 heteroatoms. The van der Waals surface area contributed by atoms with Crippen LogP contribution in [-0.2, 0) is 9.59 Å². The van der Waals surface area contributed by atoms with Crippen LogP contribution < -0.4 is 15.4 Å². The predicted octanol–water partition coefficient (Wildman–Crippen LogP) is 3.83. The molecule has 0 aliphatic carbocycles. The largest absolute Gasteiger partial charge is 0.481 e. The molecule has 0 aliphatic heterocycles. The number of benzene rings is 2. The van der Waals surface area contributed by atoms with Crippen LogP contribution in [0.25, 0.3) is 0 Å². The van der Waals surface area contributed by atoms with Gasteiger partial charge in [-0.3, -0.25) is 9.59 Å². The van der Waals surface area contributed by atoms with E-state index in [1.807, 2.05) is 37.3 Å². The lowest BCUT2D eigenvalue weighted by molar-refractivity contribution is -0.122. The molecule has 1 atom stereocenters. The predicted molar refractivity (Wildman–Crippen MR) is 95.1 cm³/mol. The average molecular weight is 326 g/mol. The van der Waals surface area contributed by atoms with Gasteiger partial charge in [0, 0.05) is 17.8 Å². The van der Waals surface area contributed by atoms with Crippen LogP contribution in [0.3, 0.4) is 0 Å². The Kier molecular flexibility index (Phi) is 6.37. The number of hydrogen-bond acceptors (Lipinski definition) is 3. The van der Waals surface area contributed by atoms with Crippen LogP contribution >= 0.6 is 0 Å². The summed E-state index contributed by atoms with van der Waals surface area (Å²) in [5, 5.41) is 5.59. The van der Waals surface area contributed by atoms with Gasteiger partial charge in [-0.2, -0.15) is 0 Å². The zero-order valence-electron chi connectivity index (χ0n) is 13.9. The molecule has 0 fully saturated rings. The molecule has 5 nitrogen and oxygen atoms in total. The van der Waals surface area contributed by atoms with E-state index in [1.54, 1.807) is 31.2 Å². The maximum absolute atomic E-state index is 12.4. The zero-order valence-corrected chi connectivity index (χ0v) is 13.9. The second kappa shape index (κ2) is 8.72. The van der Waals surface area contributed by atoms with Crippen LogP contribution in [0.5, 0.6) is 5.75 Å². The fourth-order valence-electron chi connectivity index (χ4n) is 2.09. The Bertz CT molecular complexity index is 669. The number of carbonyl (C=O) groups excluding carboxylic acids is 2. The first-order valence-electron chi connectivity index (χ1n) is 8.04. The number of carbonyl (C=O) groups is 2. The normalized spacial score (nSPS) is 11.4. The van der Waals surface area contributed by atoms with E-state index in [4.69, 9.17) is 4.74 Å². The topological polar surface area (TPSA) is 67.4 Å². The van der Waals surface area contributed by atoms with Crippen molar-refractivity contribution in [2.24, 2.45) is 0 Å². The van der Waals surface area contributed by atoms with Gasteiger partial charge in [0.15, 0.2) is 6.10 Å². The van der Waals surface area contributed by atoms with E-state index in [0.29, 0.717) is 30.0 Å². The molecule has 0 heterocycles. The van der Waals surface area contributed by atoms with Crippen molar-refractivity contribution < 1.29 is 14.3 Å². The van der Waals surface area contributed by atoms with Crippen molar-refractivity contribution in [3.63, 3.8) is 0 Å². The standard InChI is InChI=1S/C19H22N2O3/c1-3-17(24-16-8-6-5-7-9-16)19(23)21-15-12-10-14(11-13-15)20-18(22)4-2/h5-13,17H,3-4H2,1-2H3,(H,20,22)(H,21,23)/t17-/m1/s1. The molecule has 2 aromatic rings. The summed E-state index contributed by atoms with van der Waals surface area (Å²) in [6.45, 7) is 3.69. The highest BCUT2D eigenvalue weighted by Crippen LogP contribution is 2.16. The van der Waals surface area contributed by atoms with Gasteiger partial charge >= 0.3 is 0 Å². The third kappa shape index (κ3) is 5.12. The number of amides is 2. The van der Waals surface area contributed by atoms with Crippen molar-refractivity contribution in [2.75, 3.05) is 10.6 Å². The molecule has 0 spiro atoms. The molecule has 0 radical (unpaired) electrons. The van der Waals surface area contributed by atoms with Gasteiger partial charge in [-0.1, -0.05) is 32.0 Å². The van der Waals surface area contributed by atoms with Crippen molar-refractivity contribution in [1.29, 1.82) is 0 Å². The van der Waals surface area contributed by atoms with Crippen LogP contribution in [0.1, 0.15) is 26.7 Å². The summed E-state index contributed by atoms with van der Waals surface area (Å²) >= 11 is 0. The van der Waals surface area contributed by atoms with E-state index < -0.39 is 6.10 Å². The van der Waals surface area contributed by atoms with E-state index >= 15 is 0 Å². The molecular formula is C19H22N2O3. The second-order valence-electron chi connectivity index (χ2n) is 5.30. The van der Waals surface area contributed by atoms with Gasteiger partial charge in [-0.25, -0.2) is 0 Å². The first kappa shape index (κ1) is 17.5. The Hall–Kier alpha value is -2.82. The molecule has 0 unspecified atom stereocenters. The molecule has 0 saturated heterocycles. The fourth-order valence-corrected chi connectivity index (χ4v) is 2.09. The Morgan fingerprint density at radius 2 is 1.50 bits per heavy atom. The molecule has 0 bridgehead atoms. The first-order valence-corrected chi connectivity index (χ1v) is 8.04. The number of rotatable bonds is 7. The van der Waals surface area contributed by atoms with E-state index in [-0.39, 0.29) is 11.8 Å². The minimum Gasteiger partial charge on any atom is -0.481 e. The van der Waals surface area contributed by atoms with Gasteiger partial charge in [0.25, 0.3) is 5.91 Å². The SMILES string of the molecule is CCC(=O)Nc1ccc(NC(=O)[C@@H](CC)Oc2ccccc2)cc1. The second-order valence-corrected chi connectivity index (χ2v) is 5.30. The van der Waals surface area contributed by atoms with Crippen molar-refractivity contribution in [3.8, 4) is 5.75 Å². The highest BCUT2D eigenvalue weighted by Gasteiger charge is 2.18. The molecule has 2 aromatic carbocycles. The maximum Gasteiger partial charge on any atom is 0.265 e. The Balaban J connectivity index is 1.95. The Morgan fingerprint density at radius 1 is 0.917 bits per heavy atom. The lowest BCUT2D eigenvalue weighted by atomic mass is 10.2. The number of ether oxygens (including phenoxy) is 1. The zero-order chi connectivity index (χ0) is 17.4. The molecule has 0 aliphatic rings. The third-order valence-corrected chi connectivity index (χ3v) is 3.44. The summed E-state index contributed by atoms with van der Waals surface area (Å²) in [6, 6.07) is 16.3. The van der Waals surface area contributed by atoms with Crippen molar-refractivity contribution in [3.05, 3.63) is 54.6 Å². The Labute approximate surface area is 142 Å². The van der Waals surface area contributed by atoms with E-state index in [2.05, 4.69) is 10.6 Å². The summed E-state index contributed by atoms with van der Waals surface area (Å²) in [5.41, 5.74) is 1.36. The van der Waals surface area contributed by atoms with Crippen LogP contribution in [0, 0.1) is 0 Å². The maximum atomic E-state index is 12.4. The van der Waals surface area contributed by atoms with Crippen LogP contribution in [-0.4, -0.2) is 17.9 Å². The average Bonchev–Trinajstić information content (AvgIpc) is 2.62. The molecule has 2 rings (SSSR count). The third-order valence-electron chi connectivity index (χ3n) is 3.44. The summed E-state index contributed by atoms with van der Waals surface area (Å²) < 4.78 is 5.72. The summed E-state index contributed by atoms with van der Waals surface area (Å²) in [6.07, 6.45) is 0.422. The fraction of sp³-hybridized carbons (Fsp3) is 0.263. The Morgan fingerprint density at radius 3 is 2.04 bits per heavy atom. The summed E-state index contributed by atoms with van der Waals surface area (Å²) in [5.74, 6) is 0.415. The molecule has 0 saturated carbocycles. The monoisotopic (exact) mass is 326 g/mol. The molecule has 126 valence electrons. The van der Waals surface area contributed by atoms with Gasteiger partial charge in [0.1, 0.15) is 5.75 Å².